The average Bonchev–Trinajstić information content (AvgIpc) is 0.810. The van der Waals surface area contributed by atoms with Gasteiger partial charge in [0.05, 0.1) is 22.3 Å². The summed E-state index contributed by atoms with van der Waals surface area (Å²) in [6.07, 6.45) is 17.4. The molecule has 4 aliphatic carbocycles. The lowest BCUT2D eigenvalue weighted by atomic mass is 9.77. The van der Waals surface area contributed by atoms with Crippen molar-refractivity contribution >= 4 is 0 Å². The third-order valence-electron chi connectivity index (χ3n) is 27.4. The van der Waals surface area contributed by atoms with Gasteiger partial charge in [-0.3, -0.25) is 0 Å². The van der Waals surface area contributed by atoms with Crippen LogP contribution in [0.15, 0.2) is 243 Å². The van der Waals surface area contributed by atoms with Gasteiger partial charge >= 0.3 is 24.4 Å². The van der Waals surface area contributed by atoms with E-state index in [0.29, 0.717) is 72.2 Å². The topological polar surface area (TPSA) is 36.9 Å². The molecule has 0 aromatic heterocycles. The Balaban J connectivity index is 0.000000155. The molecule has 0 bridgehead atoms. The molecule has 16 rings (SSSR count). The number of unbranched alkanes of at least 4 members (excludes halogenated alkanes) is 3. The minimum atomic E-state index is -3.85. The van der Waals surface area contributed by atoms with E-state index >= 15 is 0 Å². The lowest BCUT2D eigenvalue weighted by Gasteiger charge is -2.29. The minimum Gasteiger partial charge on any atom is -0.429 e. The highest BCUT2D eigenvalue weighted by molar-refractivity contribution is 5.68. The number of rotatable bonds is 30. The highest BCUT2D eigenvalue weighted by Crippen LogP contribution is 2.47. The maximum atomic E-state index is 14.6. The van der Waals surface area contributed by atoms with Crippen LogP contribution in [0.25, 0.3) is 44.5 Å². The molecule has 0 N–H and O–H groups in total. The quantitative estimate of drug-likeness (QED) is 0.0255. The van der Waals surface area contributed by atoms with E-state index in [0.717, 1.165) is 68.2 Å². The zero-order chi connectivity index (χ0) is 98.6. The van der Waals surface area contributed by atoms with Crippen LogP contribution in [0.3, 0.4) is 0 Å². The molecule has 0 amide bonds. The Hall–Kier alpha value is -11.6. The van der Waals surface area contributed by atoms with Crippen LogP contribution in [-0.2, 0) is 24.4 Å². The number of halogens is 20. The van der Waals surface area contributed by atoms with Crippen molar-refractivity contribution in [3.05, 3.63) is 357 Å². The van der Waals surface area contributed by atoms with Crippen molar-refractivity contribution in [2.24, 2.45) is 23.7 Å². The van der Waals surface area contributed by atoms with Gasteiger partial charge < -0.3 is 18.9 Å². The van der Waals surface area contributed by atoms with Crippen molar-refractivity contribution in [3.8, 4) is 67.5 Å². The molecular formula is C114H112F20O4. The smallest absolute Gasteiger partial charge is 0.426 e. The van der Waals surface area contributed by atoms with E-state index < -0.39 is 139 Å². The first-order chi connectivity index (χ1) is 66.1. The Morgan fingerprint density at radius 1 is 0.210 bits per heavy atom. The van der Waals surface area contributed by atoms with E-state index in [-0.39, 0.29) is 0 Å². The number of hydrogen-bond acceptors (Lipinski definition) is 4. The second kappa shape index (κ2) is 47.4. The first-order valence-electron chi connectivity index (χ1n) is 47.8. The van der Waals surface area contributed by atoms with Gasteiger partial charge in [0.25, 0.3) is 0 Å². The molecule has 732 valence electrons. The van der Waals surface area contributed by atoms with Crippen LogP contribution in [0.5, 0.6) is 23.0 Å². The molecule has 24 heteroatoms. The van der Waals surface area contributed by atoms with Crippen LogP contribution in [0.1, 0.15) is 263 Å². The maximum Gasteiger partial charge on any atom is 0.426 e. The van der Waals surface area contributed by atoms with E-state index in [9.17, 15) is 87.8 Å². The molecule has 4 nitrogen and oxygen atoms in total. The Kier molecular flexibility index (Phi) is 35.7. The van der Waals surface area contributed by atoms with Crippen LogP contribution in [0.2, 0.25) is 0 Å². The van der Waals surface area contributed by atoms with Crippen LogP contribution >= 0.6 is 0 Å². The third-order valence-corrected chi connectivity index (χ3v) is 27.4. The van der Waals surface area contributed by atoms with Gasteiger partial charge in [0, 0.05) is 48.5 Å². The van der Waals surface area contributed by atoms with Crippen molar-refractivity contribution in [2.75, 3.05) is 0 Å². The van der Waals surface area contributed by atoms with Crippen LogP contribution in [0, 0.1) is 93.5 Å². The molecule has 12 aromatic carbocycles. The molecule has 0 heterocycles. The Morgan fingerprint density at radius 2 is 0.391 bits per heavy atom. The fourth-order valence-corrected chi connectivity index (χ4v) is 19.3. The second-order valence-electron chi connectivity index (χ2n) is 36.8. The minimum absolute atomic E-state index is 0.386. The van der Waals surface area contributed by atoms with Crippen LogP contribution < -0.4 is 18.9 Å². The lowest BCUT2D eigenvalue weighted by Crippen LogP contribution is -2.22. The van der Waals surface area contributed by atoms with Crippen LogP contribution in [-0.4, -0.2) is 0 Å². The summed E-state index contributed by atoms with van der Waals surface area (Å²) in [6, 6.07) is 58.1. The normalized spacial score (nSPS) is 18.6. The summed E-state index contributed by atoms with van der Waals surface area (Å²) in [5, 5.41) is 0. The Morgan fingerprint density at radius 3 is 0.580 bits per heavy atom. The molecule has 138 heavy (non-hydrogen) atoms. The van der Waals surface area contributed by atoms with Gasteiger partial charge in [-0.15, -0.1) is 0 Å². The summed E-state index contributed by atoms with van der Waals surface area (Å²) in [6.45, 7) is 8.95. The van der Waals surface area contributed by atoms with E-state index in [1.54, 1.807) is 48.5 Å². The predicted octanol–water partition coefficient (Wildman–Crippen LogP) is 36.7. The van der Waals surface area contributed by atoms with Crippen molar-refractivity contribution in [2.45, 2.75) is 243 Å². The monoisotopic (exact) mass is 1920 g/mol. The largest absolute Gasteiger partial charge is 0.429 e. The van der Waals surface area contributed by atoms with Crippen molar-refractivity contribution in [1.29, 1.82) is 0 Å². The lowest BCUT2D eigenvalue weighted by molar-refractivity contribution is -0.186. The molecular weight excluding hydrogens is 1810 g/mol. The van der Waals surface area contributed by atoms with E-state index in [1.165, 1.54) is 238 Å². The molecule has 0 spiro atoms. The molecule has 0 unspecified atom stereocenters. The summed E-state index contributed by atoms with van der Waals surface area (Å²) >= 11 is 0. The summed E-state index contributed by atoms with van der Waals surface area (Å²) < 4.78 is 293. The summed E-state index contributed by atoms with van der Waals surface area (Å²) in [7, 11) is 0. The molecule has 0 radical (unpaired) electrons. The van der Waals surface area contributed by atoms with Gasteiger partial charge in [-0.05, 0) is 265 Å². The molecule has 0 saturated heterocycles. The highest BCUT2D eigenvalue weighted by atomic mass is 19.3. The molecule has 12 aromatic rings. The zero-order valence-electron chi connectivity index (χ0n) is 77.3. The summed E-state index contributed by atoms with van der Waals surface area (Å²) in [5.74, 6) is -17.3. The van der Waals surface area contributed by atoms with Crippen molar-refractivity contribution in [3.63, 3.8) is 0 Å². The number of benzene rings is 12. The zero-order valence-corrected chi connectivity index (χ0v) is 77.3. The van der Waals surface area contributed by atoms with Gasteiger partial charge in [-0.25, -0.2) is 52.7 Å². The van der Waals surface area contributed by atoms with E-state index in [1.807, 2.05) is 48.5 Å². The van der Waals surface area contributed by atoms with Crippen LogP contribution in [0.4, 0.5) is 87.8 Å². The Bertz CT molecular complexity index is 5790. The molecule has 4 fully saturated rings. The molecule has 0 atom stereocenters. The molecule has 4 aliphatic rings. The van der Waals surface area contributed by atoms with Gasteiger partial charge in [0.15, 0.2) is 69.8 Å². The fourth-order valence-electron chi connectivity index (χ4n) is 19.3. The maximum absolute atomic E-state index is 14.6. The summed E-state index contributed by atoms with van der Waals surface area (Å²) in [4.78, 5) is 0. The first-order valence-corrected chi connectivity index (χ1v) is 47.8. The SMILES string of the molecule is CCC1CCC(c2ccc(-c3ccc(C(F)(F)Oc4cc(F)c(F)c(F)c4)cc3)cc2)CC1.CCCC1CCC(c2ccc(-c3ccc(C(F)(F)Oc4cc(F)c(F)c(F)c4)cc3)cc2)CC1.CCCCC1CCC(c2ccc(-c3ccc(C(F)(F)Oc4cc(F)c(F)c(F)c4)cc3)cc2)CC1.CCCCCC1CCC(c2ccc(-c3ccc(C(F)(F)Oc4cc(F)c(F)c(F)c4)cc3)cc2)CC1. The van der Waals surface area contributed by atoms with Gasteiger partial charge in [0.1, 0.15) is 23.0 Å². The second-order valence-corrected chi connectivity index (χ2v) is 36.8. The highest BCUT2D eigenvalue weighted by Gasteiger charge is 2.40. The summed E-state index contributed by atoms with van der Waals surface area (Å²) in [5.41, 5.74) is 9.99. The number of hydrogen-bond donors (Lipinski definition) is 0. The Labute approximate surface area is 793 Å². The standard InChI is InChI=1S/C30H31F5O.C29H29F5O.C28H27F5O.C27H25F5O/c1-2-3-4-5-20-6-8-21(9-7-20)22-10-12-23(13-11-22)24-14-16-25(17-15-24)30(34,35)36-26-18-27(31)29(33)28(32)19-26;1-2-3-4-19-5-7-20(8-6-19)21-9-11-22(12-10-21)23-13-15-24(16-14-23)29(33,34)35-25-17-26(30)28(32)27(31)18-25;1-2-3-18-4-6-19(7-5-18)20-8-10-21(11-9-20)22-12-14-23(15-13-22)28(32,33)34-24-16-25(29)27(31)26(30)17-24;1-2-17-3-5-18(6-4-17)19-7-9-20(10-8-19)21-11-13-22(14-12-21)27(31,32)33-23-15-24(28)26(30)25(29)16-23/h10-21H,2-9H2,1H3;9-20H,2-8H2,1H3;8-19H,2-7H2,1H3;7-18H,2-6H2,1H3. The third kappa shape index (κ3) is 27.5. The number of ether oxygens (including phenoxy) is 4. The first kappa shape index (κ1) is 104. The van der Waals surface area contributed by atoms with Gasteiger partial charge in [-0.2, -0.15) is 35.1 Å². The van der Waals surface area contributed by atoms with E-state index in [4.69, 9.17) is 0 Å². The van der Waals surface area contributed by atoms with E-state index in [2.05, 4.69) is 95.2 Å². The van der Waals surface area contributed by atoms with Crippen molar-refractivity contribution < 1.29 is 107 Å². The fraction of sp³-hybridized carbons (Fsp3) is 0.368. The van der Waals surface area contributed by atoms with Gasteiger partial charge in [0.2, 0.25) is 0 Å². The molecule has 0 aliphatic heterocycles. The van der Waals surface area contributed by atoms with Gasteiger partial charge in [-0.1, -0.05) is 237 Å². The number of alkyl halides is 8. The molecule has 4 saturated carbocycles. The average molecular weight is 1930 g/mol. The predicted molar refractivity (Wildman–Crippen MR) is 499 cm³/mol. The van der Waals surface area contributed by atoms with Crippen molar-refractivity contribution in [1.82, 2.24) is 0 Å².